The van der Waals surface area contributed by atoms with Crippen molar-refractivity contribution in [2.45, 2.75) is 13.0 Å². The second-order valence-corrected chi connectivity index (χ2v) is 6.81. The Balaban J connectivity index is 1.43. The first-order valence-electron chi connectivity index (χ1n) is 8.65. The van der Waals surface area contributed by atoms with Crippen molar-refractivity contribution in [3.63, 3.8) is 0 Å². The lowest BCUT2D eigenvalue weighted by atomic mass is 10.1. The van der Waals surface area contributed by atoms with Gasteiger partial charge in [-0.05, 0) is 12.6 Å². The number of likely N-dealkylation sites (N-methyl/N-ethyl adjacent to an activating group) is 1. The van der Waals surface area contributed by atoms with E-state index in [1.807, 2.05) is 40.1 Å². The Bertz CT molecular complexity index is 570. The van der Waals surface area contributed by atoms with Gasteiger partial charge in [-0.15, -0.1) is 0 Å². The average molecular weight is 330 g/mol. The van der Waals surface area contributed by atoms with Gasteiger partial charge in [0.2, 0.25) is 5.91 Å². The highest BCUT2D eigenvalue weighted by atomic mass is 16.2. The van der Waals surface area contributed by atoms with Crippen LogP contribution in [-0.4, -0.2) is 73.0 Å². The number of likely N-dealkylation sites (tertiary alicyclic amines) is 1. The molecule has 0 aromatic heterocycles. The van der Waals surface area contributed by atoms with Crippen LogP contribution in [0.2, 0.25) is 0 Å². The average Bonchev–Trinajstić information content (AvgIpc) is 2.94. The normalized spacial score (nSPS) is 22.0. The second-order valence-electron chi connectivity index (χ2n) is 6.81. The maximum absolute atomic E-state index is 12.2. The maximum Gasteiger partial charge on any atom is 0.317 e. The van der Waals surface area contributed by atoms with Gasteiger partial charge in [-0.25, -0.2) is 4.79 Å². The zero-order chi connectivity index (χ0) is 16.9. The Kier molecular flexibility index (Phi) is 5.35. The molecule has 1 aromatic carbocycles. The van der Waals surface area contributed by atoms with Gasteiger partial charge in [-0.2, -0.15) is 0 Å². The molecule has 2 saturated heterocycles. The van der Waals surface area contributed by atoms with Gasteiger partial charge in [0.1, 0.15) is 0 Å². The molecule has 2 aliphatic heterocycles. The van der Waals surface area contributed by atoms with Gasteiger partial charge in [0.25, 0.3) is 0 Å². The third kappa shape index (κ3) is 4.26. The molecule has 2 fully saturated rings. The topological polar surface area (TPSA) is 55.9 Å². The number of piperazine rings is 1. The lowest BCUT2D eigenvalue weighted by Gasteiger charge is -2.32. The summed E-state index contributed by atoms with van der Waals surface area (Å²) in [5.74, 6) is 0.385. The fraction of sp³-hybridized carbons (Fsp3) is 0.556. The van der Waals surface area contributed by atoms with Crippen molar-refractivity contribution < 1.29 is 9.59 Å². The van der Waals surface area contributed by atoms with Crippen LogP contribution in [0.3, 0.4) is 0 Å². The summed E-state index contributed by atoms with van der Waals surface area (Å²) >= 11 is 0. The van der Waals surface area contributed by atoms with Crippen LogP contribution >= 0.6 is 0 Å². The minimum atomic E-state index is -0.00272. The summed E-state index contributed by atoms with van der Waals surface area (Å²) in [5.41, 5.74) is 1.15. The van der Waals surface area contributed by atoms with E-state index in [9.17, 15) is 9.59 Å². The first-order valence-corrected chi connectivity index (χ1v) is 8.65. The van der Waals surface area contributed by atoms with Crippen molar-refractivity contribution in [3.05, 3.63) is 35.9 Å². The number of hydrogen-bond acceptors (Lipinski definition) is 3. The largest absolute Gasteiger partial charge is 0.338 e. The summed E-state index contributed by atoms with van der Waals surface area (Å²) in [6.45, 7) is 5.32. The lowest BCUT2D eigenvalue weighted by molar-refractivity contribution is -0.128. The van der Waals surface area contributed by atoms with E-state index in [0.29, 0.717) is 19.5 Å². The van der Waals surface area contributed by atoms with Gasteiger partial charge in [-0.1, -0.05) is 30.3 Å². The molecule has 2 heterocycles. The number of nitrogens with one attached hydrogen (secondary N) is 1. The van der Waals surface area contributed by atoms with E-state index in [1.165, 1.54) is 0 Å². The van der Waals surface area contributed by atoms with Gasteiger partial charge in [-0.3, -0.25) is 4.79 Å². The predicted octanol–water partition coefficient (Wildman–Crippen LogP) is 0.992. The number of urea groups is 1. The molecular weight excluding hydrogens is 304 g/mol. The highest BCUT2D eigenvalue weighted by Crippen LogP contribution is 2.19. The molecule has 1 N–H and O–H groups in total. The van der Waals surface area contributed by atoms with E-state index in [4.69, 9.17) is 0 Å². The van der Waals surface area contributed by atoms with Gasteiger partial charge in [0.15, 0.2) is 0 Å². The van der Waals surface area contributed by atoms with E-state index in [0.717, 1.165) is 38.3 Å². The zero-order valence-corrected chi connectivity index (χ0v) is 14.3. The molecule has 6 heteroatoms. The molecular formula is C18H26N4O2. The highest BCUT2D eigenvalue weighted by molar-refractivity contribution is 5.79. The van der Waals surface area contributed by atoms with Crippen LogP contribution in [0.25, 0.3) is 0 Å². The molecule has 1 atom stereocenters. The number of carbonyl (C=O) groups is 2. The molecule has 0 spiro atoms. The molecule has 0 aliphatic carbocycles. The van der Waals surface area contributed by atoms with Crippen molar-refractivity contribution in [1.29, 1.82) is 0 Å². The summed E-state index contributed by atoms with van der Waals surface area (Å²) < 4.78 is 0. The van der Waals surface area contributed by atoms with Gasteiger partial charge < -0.3 is 20.0 Å². The number of rotatable bonds is 4. The minimum absolute atomic E-state index is 0.00272. The Morgan fingerprint density at radius 2 is 1.88 bits per heavy atom. The summed E-state index contributed by atoms with van der Waals surface area (Å²) in [6.07, 6.45) is 0.524. The first kappa shape index (κ1) is 16.8. The Morgan fingerprint density at radius 3 is 2.58 bits per heavy atom. The molecule has 2 aliphatic rings. The van der Waals surface area contributed by atoms with E-state index in [1.54, 1.807) is 0 Å². The fourth-order valence-electron chi connectivity index (χ4n) is 3.30. The molecule has 0 saturated carbocycles. The van der Waals surface area contributed by atoms with E-state index >= 15 is 0 Å². The monoisotopic (exact) mass is 330 g/mol. The molecule has 1 aromatic rings. The van der Waals surface area contributed by atoms with Crippen LogP contribution in [0.5, 0.6) is 0 Å². The van der Waals surface area contributed by atoms with Crippen molar-refractivity contribution >= 4 is 11.9 Å². The highest BCUT2D eigenvalue weighted by Gasteiger charge is 2.30. The molecule has 0 unspecified atom stereocenters. The van der Waals surface area contributed by atoms with Crippen molar-refractivity contribution in [2.75, 3.05) is 46.3 Å². The Morgan fingerprint density at radius 1 is 1.17 bits per heavy atom. The first-order chi connectivity index (χ1) is 11.6. The van der Waals surface area contributed by atoms with Gasteiger partial charge >= 0.3 is 6.03 Å². The van der Waals surface area contributed by atoms with Crippen molar-refractivity contribution in [2.24, 2.45) is 5.92 Å². The number of carbonyl (C=O) groups excluding carboxylic acids is 2. The Hall–Kier alpha value is -2.08. The predicted molar refractivity (Wildman–Crippen MR) is 92.4 cm³/mol. The van der Waals surface area contributed by atoms with Crippen LogP contribution in [0.15, 0.2) is 30.3 Å². The molecule has 24 heavy (non-hydrogen) atoms. The van der Waals surface area contributed by atoms with Crippen LogP contribution < -0.4 is 5.32 Å². The second kappa shape index (κ2) is 7.66. The minimum Gasteiger partial charge on any atom is -0.338 e. The van der Waals surface area contributed by atoms with Crippen LogP contribution in [-0.2, 0) is 11.3 Å². The van der Waals surface area contributed by atoms with Crippen molar-refractivity contribution in [1.82, 2.24) is 20.0 Å². The molecule has 0 bridgehead atoms. The standard InChI is InChI=1S/C18H26N4O2/c1-20-7-9-21(10-8-20)18(24)19-12-16-11-17(23)22(14-16)13-15-5-3-2-4-6-15/h2-6,16H,7-14H2,1H3,(H,19,24)/t16-/m1/s1. The molecule has 130 valence electrons. The van der Waals surface area contributed by atoms with Gasteiger partial charge in [0, 0.05) is 58.2 Å². The summed E-state index contributed by atoms with van der Waals surface area (Å²) in [6, 6.07) is 10.0. The van der Waals surface area contributed by atoms with Crippen LogP contribution in [0, 0.1) is 5.92 Å². The van der Waals surface area contributed by atoms with Crippen LogP contribution in [0.1, 0.15) is 12.0 Å². The summed E-state index contributed by atoms with van der Waals surface area (Å²) in [4.78, 5) is 30.4. The molecule has 3 rings (SSSR count). The van der Waals surface area contributed by atoms with Crippen LogP contribution in [0.4, 0.5) is 4.79 Å². The maximum atomic E-state index is 12.2. The number of benzene rings is 1. The number of hydrogen-bond donors (Lipinski definition) is 1. The lowest BCUT2D eigenvalue weighted by Crippen LogP contribution is -2.51. The van der Waals surface area contributed by atoms with Crippen molar-refractivity contribution in [3.8, 4) is 0 Å². The third-order valence-corrected chi connectivity index (χ3v) is 4.84. The summed E-state index contributed by atoms with van der Waals surface area (Å²) in [7, 11) is 2.07. The molecule has 0 radical (unpaired) electrons. The quantitative estimate of drug-likeness (QED) is 0.896. The van der Waals surface area contributed by atoms with E-state index < -0.39 is 0 Å². The Labute approximate surface area is 143 Å². The molecule has 3 amide bonds. The summed E-state index contributed by atoms with van der Waals surface area (Å²) in [5, 5.41) is 3.00. The third-order valence-electron chi connectivity index (χ3n) is 4.84. The van der Waals surface area contributed by atoms with E-state index in [2.05, 4.69) is 17.3 Å². The van der Waals surface area contributed by atoms with Gasteiger partial charge in [0.05, 0.1) is 0 Å². The fourth-order valence-corrected chi connectivity index (χ4v) is 3.30. The smallest absolute Gasteiger partial charge is 0.317 e. The van der Waals surface area contributed by atoms with E-state index in [-0.39, 0.29) is 17.9 Å². The SMILES string of the molecule is CN1CCN(C(=O)NC[C@H]2CC(=O)N(Cc3ccccc3)C2)CC1. The number of nitrogens with zero attached hydrogens (tertiary/aromatic N) is 3. The zero-order valence-electron chi connectivity index (χ0n) is 14.3. The number of amides is 3. The molecule has 6 nitrogen and oxygen atoms in total.